The molecule has 0 N–H and O–H groups in total. The largest absolute Gasteiger partial charge is 0.497 e. The van der Waals surface area contributed by atoms with Crippen molar-refractivity contribution in [3.05, 3.63) is 35.0 Å². The lowest BCUT2D eigenvalue weighted by molar-refractivity contribution is 0.415. The third-order valence-corrected chi connectivity index (χ3v) is 4.13. The number of nitrogens with zero attached hydrogens (tertiary/aromatic N) is 4. The van der Waals surface area contributed by atoms with Gasteiger partial charge in [-0.25, -0.2) is 4.98 Å². The Morgan fingerprint density at radius 2 is 2.29 bits per heavy atom. The number of hydrogen-bond donors (Lipinski definition) is 0. The van der Waals surface area contributed by atoms with Crippen LogP contribution in [0.25, 0.3) is 16.2 Å². The van der Waals surface area contributed by atoms with E-state index < -0.39 is 0 Å². The van der Waals surface area contributed by atoms with Crippen molar-refractivity contribution in [3.63, 3.8) is 0 Å². The SMILES string of the molecule is CCCc1nn2c(C#N)c(-c3cccc(OC)c3)nc2s1. The standard InChI is InChI=1S/C15H14N4OS/c1-3-5-13-18-19-12(9-16)14(17-15(19)21-13)10-6-4-7-11(8-10)20-2/h4,6-8H,3,5H2,1-2H3. The summed E-state index contributed by atoms with van der Waals surface area (Å²) in [6, 6.07) is 9.76. The number of aromatic nitrogens is 3. The molecule has 2 aromatic heterocycles. The molecule has 0 spiro atoms. The van der Waals surface area contributed by atoms with Crippen LogP contribution in [-0.4, -0.2) is 21.7 Å². The Bertz CT molecular complexity index is 828. The maximum absolute atomic E-state index is 9.45. The summed E-state index contributed by atoms with van der Waals surface area (Å²) in [7, 11) is 1.62. The molecule has 0 aliphatic heterocycles. The number of methoxy groups -OCH3 is 1. The van der Waals surface area contributed by atoms with Crippen LogP contribution in [0.1, 0.15) is 24.0 Å². The van der Waals surface area contributed by atoms with Gasteiger partial charge in [-0.15, -0.1) is 0 Å². The first-order chi connectivity index (χ1) is 10.3. The van der Waals surface area contributed by atoms with Crippen molar-refractivity contribution in [3.8, 4) is 23.1 Å². The van der Waals surface area contributed by atoms with Crippen LogP contribution in [0, 0.1) is 11.3 Å². The Morgan fingerprint density at radius 3 is 3.00 bits per heavy atom. The van der Waals surface area contributed by atoms with E-state index in [0.717, 1.165) is 34.1 Å². The zero-order valence-corrected chi connectivity index (χ0v) is 12.6. The number of benzene rings is 1. The van der Waals surface area contributed by atoms with Gasteiger partial charge in [0.25, 0.3) is 0 Å². The molecular weight excluding hydrogens is 284 g/mol. The van der Waals surface area contributed by atoms with Crippen molar-refractivity contribution in [1.29, 1.82) is 5.26 Å². The normalized spacial score (nSPS) is 10.7. The zero-order chi connectivity index (χ0) is 14.8. The van der Waals surface area contributed by atoms with Crippen LogP contribution in [0.3, 0.4) is 0 Å². The molecule has 0 atom stereocenters. The molecule has 0 unspecified atom stereocenters. The van der Waals surface area contributed by atoms with Gasteiger partial charge in [-0.3, -0.25) is 0 Å². The maximum atomic E-state index is 9.45. The Hall–Kier alpha value is -2.39. The summed E-state index contributed by atoms with van der Waals surface area (Å²) in [5.74, 6) is 0.743. The first-order valence-corrected chi connectivity index (χ1v) is 7.51. The second kappa shape index (κ2) is 5.54. The van der Waals surface area contributed by atoms with Gasteiger partial charge in [0, 0.05) is 12.0 Å². The maximum Gasteiger partial charge on any atom is 0.214 e. The van der Waals surface area contributed by atoms with Gasteiger partial charge in [-0.1, -0.05) is 30.4 Å². The number of hydrogen-bond acceptors (Lipinski definition) is 5. The summed E-state index contributed by atoms with van der Waals surface area (Å²) in [4.78, 5) is 5.33. The van der Waals surface area contributed by atoms with Crippen molar-refractivity contribution in [2.75, 3.05) is 7.11 Å². The molecule has 0 aliphatic carbocycles. The number of rotatable bonds is 4. The van der Waals surface area contributed by atoms with Crippen LogP contribution in [0.2, 0.25) is 0 Å². The Balaban J connectivity index is 2.14. The van der Waals surface area contributed by atoms with E-state index in [-0.39, 0.29) is 0 Å². The first-order valence-electron chi connectivity index (χ1n) is 6.69. The smallest absolute Gasteiger partial charge is 0.214 e. The number of nitriles is 1. The number of aryl methyl sites for hydroxylation is 1. The van der Waals surface area contributed by atoms with Crippen LogP contribution in [0.15, 0.2) is 24.3 Å². The molecule has 0 bridgehead atoms. The van der Waals surface area contributed by atoms with E-state index in [9.17, 15) is 5.26 Å². The minimum absolute atomic E-state index is 0.469. The summed E-state index contributed by atoms with van der Waals surface area (Å²) < 4.78 is 6.87. The van der Waals surface area contributed by atoms with Gasteiger partial charge < -0.3 is 4.74 Å². The van der Waals surface area contributed by atoms with Crippen LogP contribution in [-0.2, 0) is 6.42 Å². The van der Waals surface area contributed by atoms with Crippen molar-refractivity contribution >= 4 is 16.3 Å². The molecule has 0 radical (unpaired) electrons. The average molecular weight is 298 g/mol. The van der Waals surface area contributed by atoms with Gasteiger partial charge in [-0.2, -0.15) is 14.9 Å². The van der Waals surface area contributed by atoms with E-state index >= 15 is 0 Å². The lowest BCUT2D eigenvalue weighted by Gasteiger charge is -2.02. The van der Waals surface area contributed by atoms with Gasteiger partial charge in [0.1, 0.15) is 22.5 Å². The minimum atomic E-state index is 0.469. The predicted octanol–water partition coefficient (Wildman–Crippen LogP) is 3.29. The molecule has 3 rings (SSSR count). The highest BCUT2D eigenvalue weighted by Gasteiger charge is 2.17. The number of ether oxygens (including phenoxy) is 1. The molecule has 0 saturated carbocycles. The van der Waals surface area contributed by atoms with E-state index in [1.54, 1.807) is 11.6 Å². The van der Waals surface area contributed by atoms with Gasteiger partial charge >= 0.3 is 0 Å². The molecule has 2 heterocycles. The highest BCUT2D eigenvalue weighted by Crippen LogP contribution is 2.29. The molecule has 6 heteroatoms. The molecule has 21 heavy (non-hydrogen) atoms. The van der Waals surface area contributed by atoms with Crippen molar-refractivity contribution in [2.45, 2.75) is 19.8 Å². The fraction of sp³-hybridized carbons (Fsp3) is 0.267. The first kappa shape index (κ1) is 13.6. The van der Waals surface area contributed by atoms with Crippen LogP contribution in [0.5, 0.6) is 5.75 Å². The van der Waals surface area contributed by atoms with E-state index in [0.29, 0.717) is 11.4 Å². The fourth-order valence-electron chi connectivity index (χ4n) is 2.17. The number of fused-ring (bicyclic) bond motifs is 1. The van der Waals surface area contributed by atoms with Crippen molar-refractivity contribution in [1.82, 2.24) is 14.6 Å². The van der Waals surface area contributed by atoms with Crippen LogP contribution in [0.4, 0.5) is 0 Å². The molecule has 1 aromatic carbocycles. The third kappa shape index (κ3) is 2.36. The molecule has 5 nitrogen and oxygen atoms in total. The molecule has 106 valence electrons. The van der Waals surface area contributed by atoms with Gasteiger partial charge in [0.2, 0.25) is 4.96 Å². The van der Waals surface area contributed by atoms with Crippen LogP contribution >= 0.6 is 11.3 Å². The highest BCUT2D eigenvalue weighted by atomic mass is 32.1. The molecule has 3 aromatic rings. The second-order valence-electron chi connectivity index (χ2n) is 4.59. The lowest BCUT2D eigenvalue weighted by Crippen LogP contribution is -1.93. The highest BCUT2D eigenvalue weighted by molar-refractivity contribution is 7.16. The molecule has 0 amide bonds. The molecule has 0 fully saturated rings. The van der Waals surface area contributed by atoms with Crippen LogP contribution < -0.4 is 4.74 Å². The minimum Gasteiger partial charge on any atom is -0.497 e. The lowest BCUT2D eigenvalue weighted by atomic mass is 10.1. The molecular formula is C15H14N4OS. The van der Waals surface area contributed by atoms with E-state index in [1.165, 1.54) is 11.3 Å². The summed E-state index contributed by atoms with van der Waals surface area (Å²) >= 11 is 1.54. The Kier molecular flexibility index (Phi) is 3.59. The monoisotopic (exact) mass is 298 g/mol. The Labute approximate surface area is 126 Å². The summed E-state index contributed by atoms with van der Waals surface area (Å²) in [6.45, 7) is 2.11. The van der Waals surface area contributed by atoms with E-state index in [4.69, 9.17) is 4.74 Å². The summed E-state index contributed by atoms with van der Waals surface area (Å²) in [5.41, 5.74) is 1.98. The van der Waals surface area contributed by atoms with Gasteiger partial charge in [0.05, 0.1) is 7.11 Å². The summed E-state index contributed by atoms with van der Waals surface area (Å²) in [5, 5.41) is 14.9. The average Bonchev–Trinajstić information content (AvgIpc) is 3.04. The molecule has 0 saturated heterocycles. The second-order valence-corrected chi connectivity index (χ2v) is 5.63. The fourth-order valence-corrected chi connectivity index (χ4v) is 3.17. The number of imidazole rings is 1. The van der Waals surface area contributed by atoms with E-state index in [1.807, 2.05) is 24.3 Å². The predicted molar refractivity (Wildman–Crippen MR) is 81.6 cm³/mol. The zero-order valence-electron chi connectivity index (χ0n) is 11.8. The molecule has 0 aliphatic rings. The summed E-state index contributed by atoms with van der Waals surface area (Å²) in [6.07, 6.45) is 1.94. The van der Waals surface area contributed by atoms with Gasteiger partial charge in [0.15, 0.2) is 5.69 Å². The topological polar surface area (TPSA) is 63.2 Å². The van der Waals surface area contributed by atoms with E-state index in [2.05, 4.69) is 23.1 Å². The van der Waals surface area contributed by atoms with Crippen molar-refractivity contribution in [2.24, 2.45) is 0 Å². The van der Waals surface area contributed by atoms with Gasteiger partial charge in [-0.05, 0) is 18.6 Å². The quantitative estimate of drug-likeness (QED) is 0.741. The van der Waals surface area contributed by atoms with Crippen molar-refractivity contribution < 1.29 is 4.74 Å². The third-order valence-electron chi connectivity index (χ3n) is 3.16. The Morgan fingerprint density at radius 1 is 1.43 bits per heavy atom.